The lowest BCUT2D eigenvalue weighted by molar-refractivity contribution is -0.116. The van der Waals surface area contributed by atoms with Crippen molar-refractivity contribution in [2.45, 2.75) is 4.90 Å². The maximum atomic E-state index is 11.5. The van der Waals surface area contributed by atoms with Crippen LogP contribution >= 0.6 is 11.8 Å². The van der Waals surface area contributed by atoms with E-state index in [-0.39, 0.29) is 5.91 Å². The van der Waals surface area contributed by atoms with Gasteiger partial charge in [0.05, 0.1) is 6.26 Å². The zero-order valence-electron chi connectivity index (χ0n) is 10.4. The van der Waals surface area contributed by atoms with Gasteiger partial charge < -0.3 is 9.73 Å². The highest BCUT2D eigenvalue weighted by Gasteiger charge is 1.97. The van der Waals surface area contributed by atoms with Gasteiger partial charge in [-0.1, -0.05) is 18.2 Å². The topological polar surface area (TPSA) is 42.2 Å². The van der Waals surface area contributed by atoms with E-state index in [1.54, 1.807) is 36.2 Å². The molecule has 0 atom stereocenters. The van der Waals surface area contributed by atoms with E-state index >= 15 is 0 Å². The standard InChI is InChI=1S/C15H15NO2S/c17-15(9-8-13-5-4-11-18-13)16-10-12-19-14-6-2-1-3-7-14/h1-9,11H,10,12H2,(H,16,17)/b9-8+. The Morgan fingerprint density at radius 2 is 2.05 bits per heavy atom. The van der Waals surface area contributed by atoms with Crippen molar-refractivity contribution in [2.24, 2.45) is 0 Å². The highest BCUT2D eigenvalue weighted by molar-refractivity contribution is 7.99. The van der Waals surface area contributed by atoms with Crippen LogP contribution in [0.2, 0.25) is 0 Å². The molecule has 98 valence electrons. The van der Waals surface area contributed by atoms with Crippen LogP contribution in [0.25, 0.3) is 6.08 Å². The minimum atomic E-state index is -0.106. The Bertz CT molecular complexity index is 520. The van der Waals surface area contributed by atoms with Gasteiger partial charge in [-0.05, 0) is 30.3 Å². The number of hydrogen-bond acceptors (Lipinski definition) is 3. The summed E-state index contributed by atoms with van der Waals surface area (Å²) in [5.41, 5.74) is 0. The molecular weight excluding hydrogens is 258 g/mol. The van der Waals surface area contributed by atoms with Crippen LogP contribution in [0, 0.1) is 0 Å². The van der Waals surface area contributed by atoms with Crippen molar-refractivity contribution in [3.05, 3.63) is 60.6 Å². The van der Waals surface area contributed by atoms with Crippen LogP contribution in [0.3, 0.4) is 0 Å². The molecular formula is C15H15NO2S. The summed E-state index contributed by atoms with van der Waals surface area (Å²) in [7, 11) is 0. The zero-order valence-corrected chi connectivity index (χ0v) is 11.2. The number of hydrogen-bond donors (Lipinski definition) is 1. The molecule has 0 aliphatic carbocycles. The second-order valence-electron chi connectivity index (χ2n) is 3.80. The summed E-state index contributed by atoms with van der Waals surface area (Å²) >= 11 is 1.72. The van der Waals surface area contributed by atoms with E-state index in [9.17, 15) is 4.79 Å². The summed E-state index contributed by atoms with van der Waals surface area (Å²) in [5, 5.41) is 2.83. The largest absolute Gasteiger partial charge is 0.465 e. The number of benzene rings is 1. The van der Waals surface area contributed by atoms with Crippen LogP contribution in [-0.2, 0) is 4.79 Å². The molecule has 4 heteroatoms. The van der Waals surface area contributed by atoms with Crippen molar-refractivity contribution >= 4 is 23.7 Å². The van der Waals surface area contributed by atoms with Crippen molar-refractivity contribution in [1.29, 1.82) is 0 Å². The number of furan rings is 1. The predicted octanol–water partition coefficient (Wildman–Crippen LogP) is 3.20. The summed E-state index contributed by atoms with van der Waals surface area (Å²) in [5.74, 6) is 1.42. The van der Waals surface area contributed by atoms with Gasteiger partial charge in [-0.3, -0.25) is 4.79 Å². The molecule has 19 heavy (non-hydrogen) atoms. The van der Waals surface area contributed by atoms with E-state index in [0.717, 1.165) is 5.75 Å². The van der Waals surface area contributed by atoms with Crippen molar-refractivity contribution in [2.75, 3.05) is 12.3 Å². The lowest BCUT2D eigenvalue weighted by Gasteiger charge is -2.02. The minimum absolute atomic E-state index is 0.106. The molecule has 0 radical (unpaired) electrons. The highest BCUT2D eigenvalue weighted by Crippen LogP contribution is 2.15. The summed E-state index contributed by atoms with van der Waals surface area (Å²) in [6.07, 6.45) is 4.71. The Balaban J connectivity index is 1.64. The predicted molar refractivity (Wildman–Crippen MR) is 77.9 cm³/mol. The van der Waals surface area contributed by atoms with Gasteiger partial charge in [-0.25, -0.2) is 0 Å². The van der Waals surface area contributed by atoms with Crippen LogP contribution < -0.4 is 5.32 Å². The first-order chi connectivity index (χ1) is 9.34. The lowest BCUT2D eigenvalue weighted by atomic mass is 10.4. The fourth-order valence-corrected chi connectivity index (χ4v) is 2.25. The Hall–Kier alpha value is -1.94. The number of carbonyl (C=O) groups excluding carboxylic acids is 1. The number of rotatable bonds is 6. The van der Waals surface area contributed by atoms with Crippen LogP contribution in [0.5, 0.6) is 0 Å². The maximum absolute atomic E-state index is 11.5. The monoisotopic (exact) mass is 273 g/mol. The molecule has 3 nitrogen and oxygen atoms in total. The highest BCUT2D eigenvalue weighted by atomic mass is 32.2. The van der Waals surface area contributed by atoms with Crippen LogP contribution in [0.15, 0.2) is 64.1 Å². The average molecular weight is 273 g/mol. The molecule has 0 fully saturated rings. The van der Waals surface area contributed by atoms with Gasteiger partial charge in [0, 0.05) is 23.3 Å². The van der Waals surface area contributed by atoms with Gasteiger partial charge in [-0.15, -0.1) is 11.8 Å². The first-order valence-electron chi connectivity index (χ1n) is 6.02. The molecule has 0 aliphatic heterocycles. The van der Waals surface area contributed by atoms with Gasteiger partial charge in [0.1, 0.15) is 5.76 Å². The third kappa shape index (κ3) is 5.06. The Labute approximate surface area is 116 Å². The number of carbonyl (C=O) groups is 1. The molecule has 2 aromatic rings. The third-order valence-corrected chi connectivity index (χ3v) is 3.37. The molecule has 2 rings (SSSR count). The maximum Gasteiger partial charge on any atom is 0.244 e. The normalized spacial score (nSPS) is 10.7. The molecule has 1 aromatic carbocycles. The minimum Gasteiger partial charge on any atom is -0.465 e. The van der Waals surface area contributed by atoms with Crippen molar-refractivity contribution in [3.63, 3.8) is 0 Å². The molecule has 1 N–H and O–H groups in total. The molecule has 0 bridgehead atoms. The van der Waals surface area contributed by atoms with E-state index < -0.39 is 0 Å². The SMILES string of the molecule is O=C(/C=C/c1ccco1)NCCSc1ccccc1. The van der Waals surface area contributed by atoms with Crippen molar-refractivity contribution < 1.29 is 9.21 Å². The quantitative estimate of drug-likeness (QED) is 0.499. The second kappa shape index (κ2) is 7.48. The van der Waals surface area contributed by atoms with Gasteiger partial charge in [-0.2, -0.15) is 0 Å². The number of thioether (sulfide) groups is 1. The molecule has 0 saturated heterocycles. The second-order valence-corrected chi connectivity index (χ2v) is 4.97. The summed E-state index contributed by atoms with van der Waals surface area (Å²) < 4.78 is 5.10. The van der Waals surface area contributed by atoms with Crippen molar-refractivity contribution in [1.82, 2.24) is 5.32 Å². The summed E-state index contributed by atoms with van der Waals surface area (Å²) in [6, 6.07) is 13.7. The Morgan fingerprint density at radius 3 is 2.79 bits per heavy atom. The lowest BCUT2D eigenvalue weighted by Crippen LogP contribution is -2.23. The number of nitrogens with one attached hydrogen (secondary N) is 1. The Kier molecular flexibility index (Phi) is 5.31. The smallest absolute Gasteiger partial charge is 0.244 e. The summed E-state index contributed by atoms with van der Waals surface area (Å²) in [4.78, 5) is 12.7. The fourth-order valence-electron chi connectivity index (χ4n) is 1.46. The van der Waals surface area contributed by atoms with E-state index in [0.29, 0.717) is 12.3 Å². The van der Waals surface area contributed by atoms with Gasteiger partial charge in [0.2, 0.25) is 5.91 Å². The van der Waals surface area contributed by atoms with E-state index in [2.05, 4.69) is 17.4 Å². The molecule has 1 amide bonds. The van der Waals surface area contributed by atoms with Crippen LogP contribution in [0.4, 0.5) is 0 Å². The molecule has 1 aromatic heterocycles. The fraction of sp³-hybridized carbons (Fsp3) is 0.133. The molecule has 0 saturated carbocycles. The van der Waals surface area contributed by atoms with Gasteiger partial charge in [0.15, 0.2) is 0 Å². The molecule has 0 aliphatic rings. The molecule has 0 unspecified atom stereocenters. The van der Waals surface area contributed by atoms with Gasteiger partial charge in [0.25, 0.3) is 0 Å². The van der Waals surface area contributed by atoms with Gasteiger partial charge >= 0.3 is 0 Å². The van der Waals surface area contributed by atoms with Crippen LogP contribution in [-0.4, -0.2) is 18.2 Å². The van der Waals surface area contributed by atoms with E-state index in [4.69, 9.17) is 4.42 Å². The third-order valence-electron chi connectivity index (χ3n) is 2.36. The van der Waals surface area contributed by atoms with E-state index in [1.165, 1.54) is 11.0 Å². The average Bonchev–Trinajstić information content (AvgIpc) is 2.96. The molecule has 1 heterocycles. The first kappa shape index (κ1) is 13.5. The zero-order chi connectivity index (χ0) is 13.3. The molecule has 0 spiro atoms. The van der Waals surface area contributed by atoms with E-state index in [1.807, 2.05) is 18.2 Å². The summed E-state index contributed by atoms with van der Waals surface area (Å²) in [6.45, 7) is 0.640. The Morgan fingerprint density at radius 1 is 1.21 bits per heavy atom. The number of amides is 1. The van der Waals surface area contributed by atoms with Crippen molar-refractivity contribution in [3.8, 4) is 0 Å². The first-order valence-corrected chi connectivity index (χ1v) is 7.00. The van der Waals surface area contributed by atoms with Crippen LogP contribution in [0.1, 0.15) is 5.76 Å².